The number of alkyl halides is 1. The monoisotopic (exact) mass is 288 g/mol. The third kappa shape index (κ3) is 2.67. The standard InChI is InChI=1S/C12H17BrO3/c1-4-8(3)9-7-16-10(6-13)11(9)12(14)15-5-2/h7-8H,4-6H2,1-3H3. The number of rotatable bonds is 5. The molecule has 16 heavy (non-hydrogen) atoms. The fraction of sp³-hybridized carbons (Fsp3) is 0.583. The van der Waals surface area contributed by atoms with Gasteiger partial charge in [-0.1, -0.05) is 29.8 Å². The Balaban J connectivity index is 3.10. The van der Waals surface area contributed by atoms with Crippen LogP contribution in [0.4, 0.5) is 0 Å². The largest absolute Gasteiger partial charge is 0.467 e. The lowest BCUT2D eigenvalue weighted by molar-refractivity contribution is 0.0522. The number of hydrogen-bond donors (Lipinski definition) is 0. The van der Waals surface area contributed by atoms with Gasteiger partial charge in [0, 0.05) is 5.56 Å². The predicted octanol–water partition coefficient (Wildman–Crippen LogP) is 3.86. The molecule has 0 aliphatic carbocycles. The quantitative estimate of drug-likeness (QED) is 0.610. The molecular formula is C12H17BrO3. The Morgan fingerprint density at radius 1 is 1.56 bits per heavy atom. The van der Waals surface area contributed by atoms with E-state index in [0.29, 0.717) is 29.2 Å². The van der Waals surface area contributed by atoms with Crippen molar-refractivity contribution < 1.29 is 13.9 Å². The predicted molar refractivity (Wildman–Crippen MR) is 66.0 cm³/mol. The zero-order chi connectivity index (χ0) is 12.1. The Morgan fingerprint density at radius 3 is 2.75 bits per heavy atom. The molecular weight excluding hydrogens is 272 g/mol. The third-order valence-corrected chi connectivity index (χ3v) is 3.15. The second kappa shape index (κ2) is 6.09. The highest BCUT2D eigenvalue weighted by molar-refractivity contribution is 9.08. The minimum atomic E-state index is -0.291. The maximum absolute atomic E-state index is 11.8. The van der Waals surface area contributed by atoms with E-state index < -0.39 is 0 Å². The van der Waals surface area contributed by atoms with Crippen molar-refractivity contribution in [2.24, 2.45) is 0 Å². The van der Waals surface area contributed by atoms with E-state index in [9.17, 15) is 4.79 Å². The summed E-state index contributed by atoms with van der Waals surface area (Å²) in [4.78, 5) is 11.8. The molecule has 1 rings (SSSR count). The van der Waals surface area contributed by atoms with E-state index in [-0.39, 0.29) is 5.97 Å². The molecule has 4 heteroatoms. The van der Waals surface area contributed by atoms with Gasteiger partial charge in [0.15, 0.2) is 0 Å². The van der Waals surface area contributed by atoms with Gasteiger partial charge in [-0.3, -0.25) is 0 Å². The average Bonchev–Trinajstić information content (AvgIpc) is 2.71. The van der Waals surface area contributed by atoms with Crippen molar-refractivity contribution in [1.29, 1.82) is 0 Å². The lowest BCUT2D eigenvalue weighted by atomic mass is 9.97. The fourth-order valence-corrected chi connectivity index (χ4v) is 1.94. The van der Waals surface area contributed by atoms with Gasteiger partial charge in [-0.2, -0.15) is 0 Å². The lowest BCUT2D eigenvalue weighted by Crippen LogP contribution is -2.09. The average molecular weight is 289 g/mol. The Bertz CT molecular complexity index is 357. The Kier molecular flexibility index (Phi) is 5.06. The zero-order valence-corrected chi connectivity index (χ0v) is 11.5. The second-order valence-corrected chi connectivity index (χ2v) is 4.21. The Hall–Kier alpha value is -0.770. The molecule has 1 atom stereocenters. The molecule has 0 aliphatic heterocycles. The van der Waals surface area contributed by atoms with Gasteiger partial charge >= 0.3 is 5.97 Å². The van der Waals surface area contributed by atoms with E-state index in [4.69, 9.17) is 9.15 Å². The number of carbonyl (C=O) groups excluding carboxylic acids is 1. The minimum absolute atomic E-state index is 0.291. The lowest BCUT2D eigenvalue weighted by Gasteiger charge is -2.09. The topological polar surface area (TPSA) is 39.4 Å². The van der Waals surface area contributed by atoms with Crippen LogP contribution < -0.4 is 0 Å². The fourth-order valence-electron chi connectivity index (χ4n) is 1.53. The first-order valence-corrected chi connectivity index (χ1v) is 6.61. The van der Waals surface area contributed by atoms with Crippen LogP contribution in [0.5, 0.6) is 0 Å². The molecule has 0 saturated carbocycles. The first-order valence-electron chi connectivity index (χ1n) is 5.48. The molecule has 0 aromatic carbocycles. The number of furan rings is 1. The van der Waals surface area contributed by atoms with Gasteiger partial charge in [-0.25, -0.2) is 4.79 Å². The van der Waals surface area contributed by atoms with Crippen LogP contribution in [0.3, 0.4) is 0 Å². The highest BCUT2D eigenvalue weighted by atomic mass is 79.9. The normalized spacial score (nSPS) is 12.5. The highest BCUT2D eigenvalue weighted by Gasteiger charge is 2.23. The molecule has 0 N–H and O–H groups in total. The van der Waals surface area contributed by atoms with Crippen molar-refractivity contribution in [2.75, 3.05) is 6.61 Å². The van der Waals surface area contributed by atoms with Crippen molar-refractivity contribution in [3.63, 3.8) is 0 Å². The molecule has 1 heterocycles. The van der Waals surface area contributed by atoms with Crippen LogP contribution in [0.1, 0.15) is 54.8 Å². The van der Waals surface area contributed by atoms with Gasteiger partial charge < -0.3 is 9.15 Å². The summed E-state index contributed by atoms with van der Waals surface area (Å²) < 4.78 is 10.4. The van der Waals surface area contributed by atoms with Crippen LogP contribution in [-0.4, -0.2) is 12.6 Å². The molecule has 0 aliphatic rings. The van der Waals surface area contributed by atoms with Crippen LogP contribution in [-0.2, 0) is 10.1 Å². The molecule has 0 saturated heterocycles. The van der Waals surface area contributed by atoms with Crippen molar-refractivity contribution in [3.8, 4) is 0 Å². The van der Waals surface area contributed by atoms with Gasteiger partial charge in [0.1, 0.15) is 11.3 Å². The number of esters is 1. The summed E-state index contributed by atoms with van der Waals surface area (Å²) in [5.41, 5.74) is 1.53. The maximum Gasteiger partial charge on any atom is 0.342 e. The number of ether oxygens (including phenoxy) is 1. The molecule has 1 aromatic heterocycles. The molecule has 0 bridgehead atoms. The van der Waals surface area contributed by atoms with E-state index in [2.05, 4.69) is 29.8 Å². The van der Waals surface area contributed by atoms with Crippen molar-refractivity contribution in [1.82, 2.24) is 0 Å². The van der Waals surface area contributed by atoms with Crippen LogP contribution in [0.2, 0.25) is 0 Å². The van der Waals surface area contributed by atoms with Crippen molar-refractivity contribution in [3.05, 3.63) is 23.2 Å². The number of halogens is 1. The van der Waals surface area contributed by atoms with E-state index in [1.54, 1.807) is 13.2 Å². The summed E-state index contributed by atoms with van der Waals surface area (Å²) in [6.45, 7) is 6.34. The van der Waals surface area contributed by atoms with Crippen LogP contribution in [0.25, 0.3) is 0 Å². The SMILES string of the molecule is CCOC(=O)c1c(C(C)CC)coc1CBr. The summed E-state index contributed by atoms with van der Waals surface area (Å²) in [6.07, 6.45) is 2.63. The molecule has 0 spiro atoms. The summed E-state index contributed by atoms with van der Waals surface area (Å²) in [6, 6.07) is 0. The van der Waals surface area contributed by atoms with E-state index >= 15 is 0 Å². The highest BCUT2D eigenvalue weighted by Crippen LogP contribution is 2.29. The Morgan fingerprint density at radius 2 is 2.25 bits per heavy atom. The van der Waals surface area contributed by atoms with Crippen LogP contribution >= 0.6 is 15.9 Å². The zero-order valence-electron chi connectivity index (χ0n) is 9.88. The first-order chi connectivity index (χ1) is 7.65. The number of carbonyl (C=O) groups is 1. The second-order valence-electron chi connectivity index (χ2n) is 3.65. The van der Waals surface area contributed by atoms with E-state index in [1.807, 2.05) is 0 Å². The van der Waals surface area contributed by atoms with Gasteiger partial charge in [0.05, 0.1) is 18.2 Å². The van der Waals surface area contributed by atoms with Gasteiger partial charge in [-0.05, 0) is 19.3 Å². The molecule has 3 nitrogen and oxygen atoms in total. The summed E-state index contributed by atoms with van der Waals surface area (Å²) in [7, 11) is 0. The molecule has 0 fully saturated rings. The summed E-state index contributed by atoms with van der Waals surface area (Å²) in [5.74, 6) is 0.658. The molecule has 1 aromatic rings. The van der Waals surface area contributed by atoms with E-state index in [0.717, 1.165) is 12.0 Å². The molecule has 1 unspecified atom stereocenters. The maximum atomic E-state index is 11.8. The summed E-state index contributed by atoms with van der Waals surface area (Å²) in [5, 5.41) is 0.525. The first kappa shape index (κ1) is 13.3. The van der Waals surface area contributed by atoms with Gasteiger partial charge in [0.25, 0.3) is 0 Å². The van der Waals surface area contributed by atoms with Crippen LogP contribution in [0.15, 0.2) is 10.7 Å². The van der Waals surface area contributed by atoms with Crippen molar-refractivity contribution in [2.45, 2.75) is 38.4 Å². The third-order valence-electron chi connectivity index (χ3n) is 2.64. The van der Waals surface area contributed by atoms with Gasteiger partial charge in [0.2, 0.25) is 0 Å². The summed E-state index contributed by atoms with van der Waals surface area (Å²) >= 11 is 3.31. The molecule has 0 radical (unpaired) electrons. The van der Waals surface area contributed by atoms with Gasteiger partial charge in [-0.15, -0.1) is 0 Å². The van der Waals surface area contributed by atoms with Crippen molar-refractivity contribution >= 4 is 21.9 Å². The molecule has 0 amide bonds. The molecule has 90 valence electrons. The Labute approximate surface area is 104 Å². The minimum Gasteiger partial charge on any atom is -0.467 e. The number of hydrogen-bond acceptors (Lipinski definition) is 3. The van der Waals surface area contributed by atoms with E-state index in [1.165, 1.54) is 0 Å². The smallest absolute Gasteiger partial charge is 0.342 e. The van der Waals surface area contributed by atoms with Crippen LogP contribution in [0, 0.1) is 0 Å².